The second-order valence-corrected chi connectivity index (χ2v) is 10.1. The lowest BCUT2D eigenvalue weighted by Crippen LogP contribution is -2.21. The van der Waals surface area contributed by atoms with E-state index in [4.69, 9.17) is 4.74 Å². The van der Waals surface area contributed by atoms with Gasteiger partial charge in [-0.05, 0) is 79.2 Å². The lowest BCUT2D eigenvalue weighted by atomic mass is 9.82. The summed E-state index contributed by atoms with van der Waals surface area (Å²) in [5, 5.41) is 0. The smallest absolute Gasteiger partial charge is 0.166 e. The van der Waals surface area contributed by atoms with Gasteiger partial charge in [-0.3, -0.25) is 0 Å². The molecule has 0 bridgehead atoms. The third kappa shape index (κ3) is 6.39. The number of ether oxygens (including phenoxy) is 1. The molecule has 1 nitrogen and oxygen atoms in total. The summed E-state index contributed by atoms with van der Waals surface area (Å²) >= 11 is 0. The van der Waals surface area contributed by atoms with E-state index in [1.807, 2.05) is 36.4 Å². The Balaban J connectivity index is 1.33. The maximum atomic E-state index is 15.1. The van der Waals surface area contributed by atoms with Crippen LogP contribution < -0.4 is 0 Å². The Morgan fingerprint density at radius 3 is 2.14 bits per heavy atom. The summed E-state index contributed by atoms with van der Waals surface area (Å²) in [6, 6.07) is 16.6. The van der Waals surface area contributed by atoms with Crippen LogP contribution in [0.3, 0.4) is 0 Å². The predicted octanol–water partition coefficient (Wildman–Crippen LogP) is 9.31. The van der Waals surface area contributed by atoms with Crippen molar-refractivity contribution in [1.29, 1.82) is 0 Å². The van der Waals surface area contributed by atoms with Crippen LogP contribution in [0, 0.1) is 17.5 Å². The number of hydrogen-bond acceptors (Lipinski definition) is 1. The molecular formula is C32H37F3O. The minimum Gasteiger partial charge on any atom is -0.373 e. The topological polar surface area (TPSA) is 9.23 Å². The minimum absolute atomic E-state index is 0.00855. The van der Waals surface area contributed by atoms with Crippen LogP contribution in [0.25, 0.3) is 11.1 Å². The van der Waals surface area contributed by atoms with Gasteiger partial charge in [-0.15, -0.1) is 0 Å². The Hall–Kier alpha value is -2.59. The van der Waals surface area contributed by atoms with Gasteiger partial charge in [0.15, 0.2) is 11.6 Å². The van der Waals surface area contributed by atoms with Gasteiger partial charge in [-0.2, -0.15) is 0 Å². The van der Waals surface area contributed by atoms with E-state index in [2.05, 4.69) is 13.8 Å². The molecule has 0 saturated heterocycles. The fourth-order valence-corrected chi connectivity index (χ4v) is 5.23. The monoisotopic (exact) mass is 494 g/mol. The fraction of sp³-hybridized carbons (Fsp3) is 0.438. The van der Waals surface area contributed by atoms with Crippen molar-refractivity contribution in [2.24, 2.45) is 0 Å². The van der Waals surface area contributed by atoms with Crippen molar-refractivity contribution in [2.45, 2.75) is 90.3 Å². The average molecular weight is 495 g/mol. The van der Waals surface area contributed by atoms with Crippen LogP contribution in [0.1, 0.15) is 87.0 Å². The van der Waals surface area contributed by atoms with Crippen LogP contribution in [0.5, 0.6) is 0 Å². The van der Waals surface area contributed by atoms with E-state index < -0.39 is 11.6 Å². The molecule has 0 aliphatic heterocycles. The Morgan fingerprint density at radius 2 is 1.47 bits per heavy atom. The van der Waals surface area contributed by atoms with E-state index in [1.54, 1.807) is 18.2 Å². The third-order valence-electron chi connectivity index (χ3n) is 7.44. The molecular weight excluding hydrogens is 457 g/mol. The van der Waals surface area contributed by atoms with Crippen LogP contribution >= 0.6 is 0 Å². The second kappa shape index (κ2) is 12.6. The lowest BCUT2D eigenvalue weighted by Gasteiger charge is -2.29. The molecule has 4 rings (SSSR count). The summed E-state index contributed by atoms with van der Waals surface area (Å²) in [5.74, 6) is -1.75. The fourth-order valence-electron chi connectivity index (χ4n) is 5.23. The van der Waals surface area contributed by atoms with Crippen LogP contribution in [0.15, 0.2) is 54.6 Å². The first-order valence-electron chi connectivity index (χ1n) is 13.5. The Kier molecular flexibility index (Phi) is 9.25. The SMILES string of the molecule is CCCCc1ccc(COC2CCC(c3ccc(-c4ccc(CCC)cc4)c(F)c3F)CC2)c(F)c1. The van der Waals surface area contributed by atoms with Gasteiger partial charge in [0.2, 0.25) is 0 Å². The molecule has 0 atom stereocenters. The van der Waals surface area contributed by atoms with Gasteiger partial charge >= 0.3 is 0 Å². The normalized spacial score (nSPS) is 17.9. The summed E-state index contributed by atoms with van der Waals surface area (Å²) in [7, 11) is 0. The van der Waals surface area contributed by atoms with Gasteiger partial charge < -0.3 is 4.74 Å². The molecule has 1 saturated carbocycles. The first kappa shape index (κ1) is 26.5. The van der Waals surface area contributed by atoms with Crippen molar-refractivity contribution >= 4 is 0 Å². The summed E-state index contributed by atoms with van der Waals surface area (Å²) in [6.45, 7) is 4.48. The highest BCUT2D eigenvalue weighted by molar-refractivity contribution is 5.65. The van der Waals surface area contributed by atoms with E-state index in [-0.39, 0.29) is 24.4 Å². The highest BCUT2D eigenvalue weighted by Crippen LogP contribution is 2.38. The van der Waals surface area contributed by atoms with Crippen molar-refractivity contribution in [3.05, 3.63) is 94.3 Å². The first-order chi connectivity index (χ1) is 17.5. The lowest BCUT2D eigenvalue weighted by molar-refractivity contribution is 0.0119. The van der Waals surface area contributed by atoms with E-state index in [0.29, 0.717) is 22.3 Å². The number of hydrogen-bond donors (Lipinski definition) is 0. The molecule has 1 fully saturated rings. The van der Waals surface area contributed by atoms with Crippen molar-refractivity contribution in [1.82, 2.24) is 0 Å². The maximum absolute atomic E-state index is 15.1. The maximum Gasteiger partial charge on any atom is 0.166 e. The zero-order valence-electron chi connectivity index (χ0n) is 21.5. The number of rotatable bonds is 10. The van der Waals surface area contributed by atoms with Crippen LogP contribution in [-0.4, -0.2) is 6.10 Å². The zero-order chi connectivity index (χ0) is 25.5. The summed E-state index contributed by atoms with van der Waals surface area (Å²) < 4.78 is 50.6. The van der Waals surface area contributed by atoms with Gasteiger partial charge in [-0.25, -0.2) is 13.2 Å². The largest absolute Gasteiger partial charge is 0.373 e. The van der Waals surface area contributed by atoms with E-state index in [1.165, 1.54) is 5.56 Å². The van der Waals surface area contributed by atoms with Gasteiger partial charge in [0.25, 0.3) is 0 Å². The van der Waals surface area contributed by atoms with Gasteiger partial charge in [0, 0.05) is 11.1 Å². The zero-order valence-corrected chi connectivity index (χ0v) is 21.5. The van der Waals surface area contributed by atoms with Crippen LogP contribution in [-0.2, 0) is 24.2 Å². The van der Waals surface area contributed by atoms with Crippen LogP contribution in [0.4, 0.5) is 13.2 Å². The molecule has 192 valence electrons. The third-order valence-corrected chi connectivity index (χ3v) is 7.44. The van der Waals surface area contributed by atoms with Crippen LogP contribution in [0.2, 0.25) is 0 Å². The molecule has 4 heteroatoms. The van der Waals surface area contributed by atoms with Crippen molar-refractivity contribution in [3.63, 3.8) is 0 Å². The molecule has 3 aromatic carbocycles. The minimum atomic E-state index is -0.771. The molecule has 0 N–H and O–H groups in total. The quantitative estimate of drug-likeness (QED) is 0.273. The van der Waals surface area contributed by atoms with E-state index >= 15 is 8.78 Å². The van der Waals surface area contributed by atoms with E-state index in [9.17, 15) is 4.39 Å². The summed E-state index contributed by atoms with van der Waals surface area (Å²) in [4.78, 5) is 0. The van der Waals surface area contributed by atoms with Gasteiger partial charge in [0.05, 0.1) is 12.7 Å². The number of halogens is 3. The highest BCUT2D eigenvalue weighted by Gasteiger charge is 2.27. The van der Waals surface area contributed by atoms with Crippen molar-refractivity contribution in [3.8, 4) is 11.1 Å². The number of benzene rings is 3. The summed E-state index contributed by atoms with van der Waals surface area (Å²) in [6.07, 6.45) is 8.02. The Bertz CT molecular complexity index is 1130. The first-order valence-corrected chi connectivity index (χ1v) is 13.5. The second-order valence-electron chi connectivity index (χ2n) is 10.1. The highest BCUT2D eigenvalue weighted by atomic mass is 19.2. The molecule has 36 heavy (non-hydrogen) atoms. The average Bonchev–Trinajstić information content (AvgIpc) is 2.90. The Morgan fingerprint density at radius 1 is 0.750 bits per heavy atom. The molecule has 0 heterocycles. The molecule has 0 amide bonds. The summed E-state index contributed by atoms with van der Waals surface area (Å²) in [5.41, 5.74) is 4.24. The van der Waals surface area contributed by atoms with Gasteiger partial charge in [0.1, 0.15) is 5.82 Å². The van der Waals surface area contributed by atoms with Crippen molar-refractivity contribution < 1.29 is 17.9 Å². The number of unbranched alkanes of at least 4 members (excludes halogenated alkanes) is 1. The molecule has 1 aliphatic rings. The number of aryl methyl sites for hydroxylation is 2. The molecule has 0 radical (unpaired) electrons. The molecule has 0 aromatic heterocycles. The van der Waals surface area contributed by atoms with E-state index in [0.717, 1.165) is 63.4 Å². The Labute approximate surface area is 213 Å². The van der Waals surface area contributed by atoms with Crippen molar-refractivity contribution in [2.75, 3.05) is 0 Å². The molecule has 0 spiro atoms. The molecule has 0 unspecified atom stereocenters. The molecule has 1 aliphatic carbocycles. The molecule has 3 aromatic rings. The standard InChI is InChI=1S/C32H37F3O/c1-3-5-7-23-10-13-26(30(33)20-23)21-36-27-16-14-25(15-17-27)29-19-18-28(31(34)32(29)35)24-11-8-22(6-4-2)9-12-24/h8-13,18-20,25,27H,3-7,14-17,21H2,1-2H3. The van der Waals surface area contributed by atoms with Gasteiger partial charge in [-0.1, -0.05) is 75.2 Å². The predicted molar refractivity (Wildman–Crippen MR) is 141 cm³/mol.